The van der Waals surface area contributed by atoms with Gasteiger partial charge in [0.15, 0.2) is 0 Å². The van der Waals surface area contributed by atoms with E-state index in [4.69, 9.17) is 4.74 Å². The molecule has 1 aliphatic heterocycles. The van der Waals surface area contributed by atoms with Crippen molar-refractivity contribution in [2.24, 2.45) is 0 Å². The summed E-state index contributed by atoms with van der Waals surface area (Å²) in [6.45, 7) is 1.37. The van der Waals surface area contributed by atoms with Crippen molar-refractivity contribution in [2.75, 3.05) is 13.7 Å². The van der Waals surface area contributed by atoms with Gasteiger partial charge in [0.2, 0.25) is 5.91 Å². The average molecular weight is 360 g/mol. The van der Waals surface area contributed by atoms with Crippen LogP contribution in [-0.4, -0.2) is 24.5 Å². The number of carbonyl (C=O) groups excluding carboxylic acids is 1. The maximum absolute atomic E-state index is 12.4. The summed E-state index contributed by atoms with van der Waals surface area (Å²) in [6, 6.07) is 14.1. The second-order valence-electron chi connectivity index (χ2n) is 5.59. The zero-order chi connectivity index (χ0) is 15.5. The van der Waals surface area contributed by atoms with E-state index in [0.717, 1.165) is 34.4 Å². The minimum atomic E-state index is 0.127. The third-order valence-corrected chi connectivity index (χ3v) is 4.40. The molecule has 3 rings (SSSR count). The van der Waals surface area contributed by atoms with Crippen LogP contribution in [0.15, 0.2) is 46.9 Å². The van der Waals surface area contributed by atoms with Crippen LogP contribution in [-0.2, 0) is 24.2 Å². The van der Waals surface area contributed by atoms with Crippen LogP contribution in [0.25, 0.3) is 0 Å². The SMILES string of the molecule is CN(Cc1ccc(Br)cc1)C(=O)Cc1ccc2c(c1)CCO2. The molecule has 0 saturated carbocycles. The Kier molecular flexibility index (Phi) is 4.48. The van der Waals surface area contributed by atoms with Crippen LogP contribution in [0.2, 0.25) is 0 Å². The number of rotatable bonds is 4. The summed E-state index contributed by atoms with van der Waals surface area (Å²) in [6.07, 6.45) is 1.37. The Labute approximate surface area is 139 Å². The molecule has 1 aliphatic rings. The van der Waals surface area contributed by atoms with E-state index in [1.165, 1.54) is 5.56 Å². The van der Waals surface area contributed by atoms with Gasteiger partial charge >= 0.3 is 0 Å². The van der Waals surface area contributed by atoms with Gasteiger partial charge in [0.25, 0.3) is 0 Å². The lowest BCUT2D eigenvalue weighted by molar-refractivity contribution is -0.129. The van der Waals surface area contributed by atoms with Crippen LogP contribution in [0.5, 0.6) is 5.75 Å². The molecule has 22 heavy (non-hydrogen) atoms. The standard InChI is InChI=1S/C18H18BrNO2/c1-20(12-13-2-5-16(19)6-3-13)18(21)11-14-4-7-17-15(10-14)8-9-22-17/h2-7,10H,8-9,11-12H2,1H3. The topological polar surface area (TPSA) is 29.5 Å². The van der Waals surface area contributed by atoms with E-state index in [2.05, 4.69) is 22.0 Å². The van der Waals surface area contributed by atoms with Gasteiger partial charge in [0.05, 0.1) is 13.0 Å². The number of carbonyl (C=O) groups is 1. The summed E-state index contributed by atoms with van der Waals surface area (Å²) in [5.41, 5.74) is 3.39. The first-order valence-electron chi connectivity index (χ1n) is 7.35. The zero-order valence-electron chi connectivity index (χ0n) is 12.5. The lowest BCUT2D eigenvalue weighted by atomic mass is 10.1. The van der Waals surface area contributed by atoms with Crippen LogP contribution in [0.1, 0.15) is 16.7 Å². The first-order chi connectivity index (χ1) is 10.6. The number of ether oxygens (including phenoxy) is 1. The van der Waals surface area contributed by atoms with Gasteiger partial charge in [-0.1, -0.05) is 40.2 Å². The predicted molar refractivity (Wildman–Crippen MR) is 90.0 cm³/mol. The van der Waals surface area contributed by atoms with E-state index in [1.54, 1.807) is 4.90 Å². The summed E-state index contributed by atoms with van der Waals surface area (Å²) in [5.74, 6) is 1.08. The fourth-order valence-corrected chi connectivity index (χ4v) is 2.88. The normalized spacial score (nSPS) is 12.6. The largest absolute Gasteiger partial charge is 0.493 e. The Hall–Kier alpha value is -1.81. The molecule has 114 valence electrons. The number of hydrogen-bond acceptors (Lipinski definition) is 2. The van der Waals surface area contributed by atoms with Crippen molar-refractivity contribution in [1.82, 2.24) is 4.90 Å². The molecular weight excluding hydrogens is 342 g/mol. The highest BCUT2D eigenvalue weighted by atomic mass is 79.9. The molecule has 0 aromatic heterocycles. The van der Waals surface area contributed by atoms with Gasteiger partial charge in [-0.3, -0.25) is 4.79 Å². The van der Waals surface area contributed by atoms with Crippen LogP contribution in [0.3, 0.4) is 0 Å². The quantitative estimate of drug-likeness (QED) is 0.834. The van der Waals surface area contributed by atoms with E-state index in [-0.39, 0.29) is 5.91 Å². The smallest absolute Gasteiger partial charge is 0.227 e. The summed E-state index contributed by atoms with van der Waals surface area (Å²) in [5, 5.41) is 0. The number of benzene rings is 2. The highest BCUT2D eigenvalue weighted by molar-refractivity contribution is 9.10. The van der Waals surface area contributed by atoms with Crippen molar-refractivity contribution in [3.05, 3.63) is 63.6 Å². The van der Waals surface area contributed by atoms with E-state index in [0.29, 0.717) is 13.0 Å². The Balaban J connectivity index is 1.62. The van der Waals surface area contributed by atoms with Crippen LogP contribution in [0, 0.1) is 0 Å². The molecule has 0 N–H and O–H groups in total. The second kappa shape index (κ2) is 6.53. The molecule has 1 heterocycles. The van der Waals surface area contributed by atoms with Gasteiger partial charge in [-0.25, -0.2) is 0 Å². The number of hydrogen-bond donors (Lipinski definition) is 0. The number of nitrogens with zero attached hydrogens (tertiary/aromatic N) is 1. The zero-order valence-corrected chi connectivity index (χ0v) is 14.1. The van der Waals surface area contributed by atoms with Gasteiger partial charge in [-0.05, 0) is 34.9 Å². The van der Waals surface area contributed by atoms with Gasteiger partial charge in [0.1, 0.15) is 5.75 Å². The Morgan fingerprint density at radius 1 is 1.18 bits per heavy atom. The van der Waals surface area contributed by atoms with E-state index < -0.39 is 0 Å². The Morgan fingerprint density at radius 3 is 2.68 bits per heavy atom. The Bertz CT molecular complexity index is 682. The molecule has 0 fully saturated rings. The number of amides is 1. The summed E-state index contributed by atoms with van der Waals surface area (Å²) < 4.78 is 6.54. The molecule has 3 nitrogen and oxygen atoms in total. The lowest BCUT2D eigenvalue weighted by Gasteiger charge is -2.17. The fraction of sp³-hybridized carbons (Fsp3) is 0.278. The highest BCUT2D eigenvalue weighted by Crippen LogP contribution is 2.26. The first kappa shape index (κ1) is 15.1. The van der Waals surface area contributed by atoms with Crippen LogP contribution >= 0.6 is 15.9 Å². The third kappa shape index (κ3) is 3.50. The van der Waals surface area contributed by atoms with E-state index >= 15 is 0 Å². The molecule has 1 amide bonds. The molecule has 4 heteroatoms. The van der Waals surface area contributed by atoms with Gasteiger partial charge in [0, 0.05) is 24.5 Å². The van der Waals surface area contributed by atoms with Gasteiger partial charge in [-0.2, -0.15) is 0 Å². The molecule has 0 unspecified atom stereocenters. The number of halogens is 1. The van der Waals surface area contributed by atoms with Crippen molar-refractivity contribution in [1.29, 1.82) is 0 Å². The van der Waals surface area contributed by atoms with E-state index in [9.17, 15) is 4.79 Å². The molecule has 0 spiro atoms. The minimum Gasteiger partial charge on any atom is -0.493 e. The first-order valence-corrected chi connectivity index (χ1v) is 8.14. The van der Waals surface area contributed by atoms with Crippen molar-refractivity contribution < 1.29 is 9.53 Å². The molecule has 0 radical (unpaired) electrons. The maximum atomic E-state index is 12.4. The predicted octanol–water partition coefficient (Wildman–Crippen LogP) is 3.59. The third-order valence-electron chi connectivity index (χ3n) is 3.87. The van der Waals surface area contributed by atoms with Crippen molar-refractivity contribution in [3.63, 3.8) is 0 Å². The van der Waals surface area contributed by atoms with Gasteiger partial charge in [-0.15, -0.1) is 0 Å². The van der Waals surface area contributed by atoms with Crippen LogP contribution in [0.4, 0.5) is 0 Å². The molecular formula is C18H18BrNO2. The van der Waals surface area contributed by atoms with Crippen molar-refractivity contribution in [3.8, 4) is 5.75 Å². The summed E-state index contributed by atoms with van der Waals surface area (Å²) >= 11 is 3.42. The number of likely N-dealkylation sites (N-methyl/N-ethyl adjacent to an activating group) is 1. The molecule has 0 bridgehead atoms. The molecule has 0 saturated heterocycles. The summed E-state index contributed by atoms with van der Waals surface area (Å²) in [4.78, 5) is 14.1. The monoisotopic (exact) mass is 359 g/mol. The van der Waals surface area contributed by atoms with E-state index in [1.807, 2.05) is 43.4 Å². The summed E-state index contributed by atoms with van der Waals surface area (Å²) in [7, 11) is 1.85. The second-order valence-corrected chi connectivity index (χ2v) is 6.51. The Morgan fingerprint density at radius 2 is 1.91 bits per heavy atom. The lowest BCUT2D eigenvalue weighted by Crippen LogP contribution is -2.27. The number of fused-ring (bicyclic) bond motifs is 1. The maximum Gasteiger partial charge on any atom is 0.227 e. The van der Waals surface area contributed by atoms with Gasteiger partial charge < -0.3 is 9.64 Å². The van der Waals surface area contributed by atoms with Crippen molar-refractivity contribution in [2.45, 2.75) is 19.4 Å². The molecule has 0 atom stereocenters. The molecule has 0 aliphatic carbocycles. The minimum absolute atomic E-state index is 0.127. The van der Waals surface area contributed by atoms with Crippen LogP contribution < -0.4 is 4.74 Å². The molecule has 2 aromatic carbocycles. The average Bonchev–Trinajstić information content (AvgIpc) is 2.97. The molecule has 2 aromatic rings. The van der Waals surface area contributed by atoms with Crippen molar-refractivity contribution >= 4 is 21.8 Å². The fourth-order valence-electron chi connectivity index (χ4n) is 2.61. The highest BCUT2D eigenvalue weighted by Gasteiger charge is 2.15.